The molecular weight excluding hydrogens is 292 g/mol. The van der Waals surface area contributed by atoms with Crippen LogP contribution in [0.15, 0.2) is 28.7 Å². The van der Waals surface area contributed by atoms with Crippen LogP contribution in [0.2, 0.25) is 0 Å². The maximum absolute atomic E-state index is 11.8. The van der Waals surface area contributed by atoms with Crippen molar-refractivity contribution < 1.29 is 9.53 Å². The summed E-state index contributed by atoms with van der Waals surface area (Å²) in [5.41, 5.74) is 0.698. The Morgan fingerprint density at radius 2 is 1.89 bits per heavy atom. The van der Waals surface area contributed by atoms with Crippen LogP contribution in [-0.4, -0.2) is 19.0 Å². The lowest BCUT2D eigenvalue weighted by molar-refractivity contribution is 0.0751. The second kappa shape index (κ2) is 9.29. The lowest BCUT2D eigenvalue weighted by Crippen LogP contribution is -2.10. The zero-order valence-corrected chi connectivity index (χ0v) is 12.5. The molecule has 0 aliphatic carbocycles. The van der Waals surface area contributed by atoms with Crippen molar-refractivity contribution in [2.24, 2.45) is 0 Å². The molecule has 0 saturated heterocycles. The van der Waals surface area contributed by atoms with Crippen LogP contribution < -0.4 is 0 Å². The fourth-order valence-electron chi connectivity index (χ4n) is 1.74. The lowest BCUT2D eigenvalue weighted by atomic mass is 10.1. The molecule has 1 aromatic carbocycles. The quantitative estimate of drug-likeness (QED) is 0.491. The molecule has 0 N–H and O–H groups in total. The van der Waals surface area contributed by atoms with Gasteiger partial charge in [-0.25, -0.2) is 0 Å². The number of rotatable bonds is 9. The minimum Gasteiger partial charge on any atom is -0.373 e. The molecule has 0 amide bonds. The number of benzene rings is 1. The van der Waals surface area contributed by atoms with E-state index >= 15 is 0 Å². The van der Waals surface area contributed by atoms with Gasteiger partial charge in [0.1, 0.15) is 6.61 Å². The van der Waals surface area contributed by atoms with Crippen molar-refractivity contribution in [2.75, 3.05) is 13.2 Å². The number of hydrogen-bond donors (Lipinski definition) is 0. The Balaban J connectivity index is 2.16. The van der Waals surface area contributed by atoms with Crippen LogP contribution in [0.3, 0.4) is 0 Å². The van der Waals surface area contributed by atoms with Crippen LogP contribution in [-0.2, 0) is 4.74 Å². The largest absolute Gasteiger partial charge is 0.373 e. The van der Waals surface area contributed by atoms with Crippen molar-refractivity contribution in [1.82, 2.24) is 0 Å². The zero-order valence-electron chi connectivity index (χ0n) is 11.0. The molecule has 1 aromatic rings. The summed E-state index contributed by atoms with van der Waals surface area (Å²) in [5, 5.41) is 0. The first-order valence-electron chi connectivity index (χ1n) is 6.61. The zero-order chi connectivity index (χ0) is 13.2. The number of Topliss-reactive ketones (excluding diaryl/α,β-unsaturated/α-hetero) is 1. The van der Waals surface area contributed by atoms with Crippen LogP contribution in [0.1, 0.15) is 49.4 Å². The third-order valence-corrected chi connectivity index (χ3v) is 3.49. The fourth-order valence-corrected chi connectivity index (χ4v) is 2.24. The van der Waals surface area contributed by atoms with E-state index in [1.807, 2.05) is 24.3 Å². The van der Waals surface area contributed by atoms with E-state index in [1.165, 1.54) is 25.7 Å². The molecule has 0 radical (unpaired) electrons. The Kier molecular flexibility index (Phi) is 7.94. The van der Waals surface area contributed by atoms with E-state index in [2.05, 4.69) is 22.9 Å². The predicted molar refractivity (Wildman–Crippen MR) is 78.1 cm³/mol. The van der Waals surface area contributed by atoms with Gasteiger partial charge in [-0.15, -0.1) is 0 Å². The number of unbranched alkanes of at least 4 members (excludes halogenated alkanes) is 4. The van der Waals surface area contributed by atoms with E-state index in [0.717, 1.165) is 10.9 Å². The SMILES string of the molecule is CCCCCCCOCC(=O)c1ccccc1Br. The smallest absolute Gasteiger partial charge is 0.189 e. The predicted octanol–water partition coefficient (Wildman–Crippen LogP) is 4.62. The van der Waals surface area contributed by atoms with Crippen molar-refractivity contribution in [3.05, 3.63) is 34.3 Å². The molecule has 0 bridgehead atoms. The average Bonchev–Trinajstić information content (AvgIpc) is 2.38. The molecule has 0 atom stereocenters. The van der Waals surface area contributed by atoms with Gasteiger partial charge in [-0.3, -0.25) is 4.79 Å². The van der Waals surface area contributed by atoms with Gasteiger partial charge in [-0.2, -0.15) is 0 Å². The number of hydrogen-bond acceptors (Lipinski definition) is 2. The Morgan fingerprint density at radius 1 is 1.17 bits per heavy atom. The van der Waals surface area contributed by atoms with Gasteiger partial charge in [-0.1, -0.05) is 66.7 Å². The molecule has 0 aromatic heterocycles. The summed E-state index contributed by atoms with van der Waals surface area (Å²) in [7, 11) is 0. The molecule has 0 aliphatic heterocycles. The summed E-state index contributed by atoms with van der Waals surface area (Å²) in [4.78, 5) is 11.8. The minimum absolute atomic E-state index is 0.0380. The molecular formula is C15H21BrO2. The van der Waals surface area contributed by atoms with E-state index in [-0.39, 0.29) is 12.4 Å². The maximum atomic E-state index is 11.8. The van der Waals surface area contributed by atoms with E-state index < -0.39 is 0 Å². The third kappa shape index (κ3) is 5.78. The fraction of sp³-hybridized carbons (Fsp3) is 0.533. The van der Waals surface area contributed by atoms with Gasteiger partial charge in [0, 0.05) is 16.6 Å². The number of carbonyl (C=O) groups is 1. The number of ether oxygens (including phenoxy) is 1. The first-order valence-corrected chi connectivity index (χ1v) is 7.40. The van der Waals surface area contributed by atoms with Crippen molar-refractivity contribution in [3.8, 4) is 0 Å². The van der Waals surface area contributed by atoms with E-state index in [0.29, 0.717) is 12.2 Å². The van der Waals surface area contributed by atoms with E-state index in [4.69, 9.17) is 4.74 Å². The standard InChI is InChI=1S/C15H21BrO2/c1-2-3-4-5-8-11-18-12-15(17)13-9-6-7-10-14(13)16/h6-7,9-10H,2-5,8,11-12H2,1H3. The van der Waals surface area contributed by atoms with Crippen molar-refractivity contribution in [2.45, 2.75) is 39.0 Å². The van der Waals surface area contributed by atoms with E-state index in [9.17, 15) is 4.79 Å². The maximum Gasteiger partial charge on any atom is 0.189 e. The van der Waals surface area contributed by atoms with Crippen LogP contribution >= 0.6 is 15.9 Å². The average molecular weight is 313 g/mol. The van der Waals surface area contributed by atoms with Crippen LogP contribution in [0.4, 0.5) is 0 Å². The van der Waals surface area contributed by atoms with Gasteiger partial charge in [0.2, 0.25) is 0 Å². The lowest BCUT2D eigenvalue weighted by Gasteiger charge is -2.05. The molecule has 2 nitrogen and oxygen atoms in total. The number of carbonyl (C=O) groups excluding carboxylic acids is 1. The first-order chi connectivity index (χ1) is 8.75. The first kappa shape index (κ1) is 15.4. The Morgan fingerprint density at radius 3 is 2.61 bits per heavy atom. The topological polar surface area (TPSA) is 26.3 Å². The molecule has 100 valence electrons. The molecule has 0 heterocycles. The summed E-state index contributed by atoms with van der Waals surface area (Å²) in [6.07, 6.45) is 6.04. The van der Waals surface area contributed by atoms with Gasteiger partial charge < -0.3 is 4.74 Å². The van der Waals surface area contributed by atoms with E-state index in [1.54, 1.807) is 0 Å². The molecule has 0 saturated carbocycles. The monoisotopic (exact) mass is 312 g/mol. The highest BCUT2D eigenvalue weighted by Gasteiger charge is 2.08. The van der Waals surface area contributed by atoms with Crippen LogP contribution in [0.5, 0.6) is 0 Å². The van der Waals surface area contributed by atoms with Gasteiger partial charge in [0.05, 0.1) is 0 Å². The Hall–Kier alpha value is -0.670. The Bertz CT molecular complexity index is 363. The summed E-state index contributed by atoms with van der Waals surface area (Å²) in [6, 6.07) is 7.45. The second-order valence-corrected chi connectivity index (χ2v) is 5.22. The normalized spacial score (nSPS) is 10.6. The van der Waals surface area contributed by atoms with Gasteiger partial charge in [0.25, 0.3) is 0 Å². The van der Waals surface area contributed by atoms with Gasteiger partial charge >= 0.3 is 0 Å². The molecule has 0 aliphatic rings. The minimum atomic E-state index is 0.0380. The Labute approximate surface area is 118 Å². The molecule has 0 spiro atoms. The van der Waals surface area contributed by atoms with Crippen molar-refractivity contribution in [1.29, 1.82) is 0 Å². The molecule has 3 heteroatoms. The highest BCUT2D eigenvalue weighted by atomic mass is 79.9. The molecule has 18 heavy (non-hydrogen) atoms. The number of ketones is 1. The summed E-state index contributed by atoms with van der Waals surface area (Å²) >= 11 is 3.37. The van der Waals surface area contributed by atoms with Crippen molar-refractivity contribution >= 4 is 21.7 Å². The highest BCUT2D eigenvalue weighted by Crippen LogP contribution is 2.16. The summed E-state index contributed by atoms with van der Waals surface area (Å²) in [6.45, 7) is 3.06. The summed E-state index contributed by atoms with van der Waals surface area (Å²) < 4.78 is 6.25. The third-order valence-electron chi connectivity index (χ3n) is 2.80. The second-order valence-electron chi connectivity index (χ2n) is 4.37. The molecule has 1 rings (SSSR count). The van der Waals surface area contributed by atoms with Crippen molar-refractivity contribution in [3.63, 3.8) is 0 Å². The summed E-state index contributed by atoms with van der Waals surface area (Å²) in [5.74, 6) is 0.0380. The number of halogens is 1. The highest BCUT2D eigenvalue weighted by molar-refractivity contribution is 9.10. The van der Waals surface area contributed by atoms with Gasteiger partial charge in [0.15, 0.2) is 5.78 Å². The molecule has 0 unspecified atom stereocenters. The van der Waals surface area contributed by atoms with Gasteiger partial charge in [-0.05, 0) is 12.5 Å². The molecule has 0 fully saturated rings. The van der Waals surface area contributed by atoms with Crippen LogP contribution in [0, 0.1) is 0 Å². The van der Waals surface area contributed by atoms with Crippen LogP contribution in [0.25, 0.3) is 0 Å².